The van der Waals surface area contributed by atoms with E-state index >= 15 is 0 Å². The number of nitrogens with zero attached hydrogens (tertiary/aromatic N) is 2. The molecule has 0 bridgehead atoms. The van der Waals surface area contributed by atoms with Crippen LogP contribution in [0.3, 0.4) is 0 Å². The molecular weight excluding hydrogens is 370 g/mol. The topological polar surface area (TPSA) is 93.4 Å². The van der Waals surface area contributed by atoms with Gasteiger partial charge in [0.2, 0.25) is 0 Å². The zero-order valence-corrected chi connectivity index (χ0v) is 16.7. The first-order valence-electron chi connectivity index (χ1n) is 9.80. The lowest BCUT2D eigenvalue weighted by Crippen LogP contribution is -2.32. The van der Waals surface area contributed by atoms with Gasteiger partial charge in [0, 0.05) is 35.3 Å². The van der Waals surface area contributed by atoms with Crippen LogP contribution in [0.15, 0.2) is 29.8 Å². The largest absolute Gasteiger partial charge is 0.465 e. The average molecular weight is 395 g/mol. The number of rotatable bonds is 7. The van der Waals surface area contributed by atoms with Crippen molar-refractivity contribution in [1.82, 2.24) is 9.88 Å². The van der Waals surface area contributed by atoms with E-state index in [0.29, 0.717) is 19.8 Å². The van der Waals surface area contributed by atoms with Gasteiger partial charge >= 0.3 is 5.97 Å². The van der Waals surface area contributed by atoms with Crippen LogP contribution in [0.5, 0.6) is 0 Å². The third-order valence-corrected chi connectivity index (χ3v) is 5.04. The molecule has 1 fully saturated rings. The van der Waals surface area contributed by atoms with Crippen LogP contribution in [-0.4, -0.2) is 42.3 Å². The third-order valence-electron chi connectivity index (χ3n) is 5.04. The standard InChI is InChI=1S/C22H25N3O4/c1-3-28-21(26)14-25-15(2)19(18-8-4-5-9-20(18)25)11-16(12-23)22(27)24-13-17-7-6-10-29-17/h4-5,8-9,11,17H,3,6-7,10,13-14H2,1-2H3,(H,24,27)/b16-11+/t17-/m0/s1. The summed E-state index contributed by atoms with van der Waals surface area (Å²) in [6.07, 6.45) is 3.49. The van der Waals surface area contributed by atoms with Crippen LogP contribution < -0.4 is 5.32 Å². The fourth-order valence-electron chi connectivity index (χ4n) is 3.58. The molecule has 1 saturated heterocycles. The highest BCUT2D eigenvalue weighted by atomic mass is 16.5. The molecule has 1 aliphatic heterocycles. The number of carbonyl (C=O) groups is 2. The molecule has 0 saturated carbocycles. The molecule has 1 aromatic carbocycles. The van der Waals surface area contributed by atoms with Crippen molar-refractivity contribution in [2.75, 3.05) is 19.8 Å². The Morgan fingerprint density at radius 2 is 2.21 bits per heavy atom. The van der Waals surface area contributed by atoms with E-state index in [0.717, 1.165) is 35.0 Å². The Kier molecular flexibility index (Phi) is 6.68. The normalized spacial score (nSPS) is 16.6. The van der Waals surface area contributed by atoms with Gasteiger partial charge in [0.25, 0.3) is 5.91 Å². The number of ether oxygens (including phenoxy) is 2. The molecule has 0 unspecified atom stereocenters. The maximum Gasteiger partial charge on any atom is 0.325 e. The van der Waals surface area contributed by atoms with E-state index in [9.17, 15) is 14.9 Å². The maximum absolute atomic E-state index is 12.5. The maximum atomic E-state index is 12.5. The number of hydrogen-bond acceptors (Lipinski definition) is 5. The molecule has 7 nitrogen and oxygen atoms in total. The SMILES string of the molecule is CCOC(=O)Cn1c(C)c(/C=C(\C#N)C(=O)NC[C@@H]2CCCO2)c2ccccc21. The summed E-state index contributed by atoms with van der Waals surface area (Å²) >= 11 is 0. The molecule has 0 spiro atoms. The molecule has 0 radical (unpaired) electrons. The molecule has 2 aromatic rings. The number of benzene rings is 1. The molecule has 1 N–H and O–H groups in total. The number of esters is 1. The van der Waals surface area contributed by atoms with Crippen molar-refractivity contribution in [2.45, 2.75) is 39.3 Å². The lowest BCUT2D eigenvalue weighted by molar-refractivity contribution is -0.143. The highest BCUT2D eigenvalue weighted by molar-refractivity contribution is 6.04. The summed E-state index contributed by atoms with van der Waals surface area (Å²) < 4.78 is 12.4. The fourth-order valence-corrected chi connectivity index (χ4v) is 3.58. The second-order valence-corrected chi connectivity index (χ2v) is 6.92. The number of para-hydroxylation sites is 1. The number of hydrogen-bond donors (Lipinski definition) is 1. The summed E-state index contributed by atoms with van der Waals surface area (Å²) in [6, 6.07) is 9.58. The van der Waals surface area contributed by atoms with Gasteiger partial charge in [-0.05, 0) is 38.8 Å². The van der Waals surface area contributed by atoms with Gasteiger partial charge in [-0.1, -0.05) is 18.2 Å². The monoisotopic (exact) mass is 395 g/mol. The van der Waals surface area contributed by atoms with Crippen LogP contribution in [0.1, 0.15) is 31.0 Å². The summed E-state index contributed by atoms with van der Waals surface area (Å²) in [5.41, 5.74) is 2.40. The zero-order valence-electron chi connectivity index (χ0n) is 16.7. The Balaban J connectivity index is 1.90. The lowest BCUT2D eigenvalue weighted by atomic mass is 10.1. The molecule has 1 aromatic heterocycles. The van der Waals surface area contributed by atoms with Gasteiger partial charge in [0.1, 0.15) is 18.2 Å². The van der Waals surface area contributed by atoms with Crippen molar-refractivity contribution in [2.24, 2.45) is 0 Å². The van der Waals surface area contributed by atoms with Gasteiger partial charge in [0.15, 0.2) is 0 Å². The highest BCUT2D eigenvalue weighted by Crippen LogP contribution is 2.28. The Hall–Kier alpha value is -3.11. The minimum atomic E-state index is -0.426. The van der Waals surface area contributed by atoms with E-state index in [1.165, 1.54) is 0 Å². The van der Waals surface area contributed by atoms with Gasteiger partial charge in [0.05, 0.1) is 12.7 Å². The Morgan fingerprint density at radius 3 is 2.90 bits per heavy atom. The van der Waals surface area contributed by atoms with Gasteiger partial charge in [-0.3, -0.25) is 9.59 Å². The Labute approximate surface area is 169 Å². The number of nitriles is 1. The molecule has 7 heteroatoms. The number of amides is 1. The van der Waals surface area contributed by atoms with E-state index < -0.39 is 5.91 Å². The minimum absolute atomic E-state index is 0.00659. The van der Waals surface area contributed by atoms with E-state index in [1.807, 2.05) is 41.8 Å². The van der Waals surface area contributed by atoms with E-state index in [1.54, 1.807) is 13.0 Å². The first kappa shape index (κ1) is 20.6. The van der Waals surface area contributed by atoms with Crippen molar-refractivity contribution in [3.05, 3.63) is 41.1 Å². The smallest absolute Gasteiger partial charge is 0.325 e. The molecule has 3 rings (SSSR count). The average Bonchev–Trinajstić information content (AvgIpc) is 3.32. The van der Waals surface area contributed by atoms with Crippen molar-refractivity contribution in [1.29, 1.82) is 5.26 Å². The number of fused-ring (bicyclic) bond motifs is 1. The molecule has 1 aliphatic rings. The predicted molar refractivity (Wildman–Crippen MR) is 109 cm³/mol. The zero-order chi connectivity index (χ0) is 20.8. The van der Waals surface area contributed by atoms with Crippen LogP contribution in [0.2, 0.25) is 0 Å². The summed E-state index contributed by atoms with van der Waals surface area (Å²) in [6.45, 7) is 5.11. The van der Waals surface area contributed by atoms with Crippen molar-refractivity contribution in [3.63, 3.8) is 0 Å². The van der Waals surface area contributed by atoms with E-state index in [4.69, 9.17) is 9.47 Å². The van der Waals surface area contributed by atoms with Crippen LogP contribution in [0.4, 0.5) is 0 Å². The molecule has 1 atom stereocenters. The van der Waals surface area contributed by atoms with Gasteiger partial charge in [-0.25, -0.2) is 0 Å². The quantitative estimate of drug-likeness (QED) is 0.442. The second-order valence-electron chi connectivity index (χ2n) is 6.92. The van der Waals surface area contributed by atoms with Crippen molar-refractivity contribution in [3.8, 4) is 6.07 Å². The first-order valence-corrected chi connectivity index (χ1v) is 9.80. The van der Waals surface area contributed by atoms with Crippen LogP contribution >= 0.6 is 0 Å². The predicted octanol–water partition coefficient (Wildman–Crippen LogP) is 2.72. The number of nitrogens with one attached hydrogen (secondary N) is 1. The minimum Gasteiger partial charge on any atom is -0.465 e. The first-order chi connectivity index (χ1) is 14.0. The van der Waals surface area contributed by atoms with Crippen LogP contribution in [0.25, 0.3) is 17.0 Å². The van der Waals surface area contributed by atoms with Crippen LogP contribution in [0, 0.1) is 18.3 Å². The summed E-state index contributed by atoms with van der Waals surface area (Å²) in [5, 5.41) is 13.2. The second kappa shape index (κ2) is 9.39. The highest BCUT2D eigenvalue weighted by Gasteiger charge is 2.20. The van der Waals surface area contributed by atoms with E-state index in [2.05, 4.69) is 5.32 Å². The van der Waals surface area contributed by atoms with Gasteiger partial charge in [-0.2, -0.15) is 5.26 Å². The molecule has 1 amide bonds. The summed E-state index contributed by atoms with van der Waals surface area (Å²) in [7, 11) is 0. The number of carbonyl (C=O) groups excluding carboxylic acids is 2. The summed E-state index contributed by atoms with van der Waals surface area (Å²) in [5.74, 6) is -0.758. The Morgan fingerprint density at radius 1 is 1.41 bits per heavy atom. The fraction of sp³-hybridized carbons (Fsp3) is 0.409. The summed E-state index contributed by atoms with van der Waals surface area (Å²) in [4.78, 5) is 24.5. The van der Waals surface area contributed by atoms with Gasteiger partial charge < -0.3 is 19.4 Å². The van der Waals surface area contributed by atoms with Crippen molar-refractivity contribution < 1.29 is 19.1 Å². The molecule has 0 aliphatic carbocycles. The molecule has 2 heterocycles. The molecule has 29 heavy (non-hydrogen) atoms. The van der Waals surface area contributed by atoms with Gasteiger partial charge in [-0.15, -0.1) is 0 Å². The third kappa shape index (κ3) is 4.66. The Bertz CT molecular complexity index is 978. The van der Waals surface area contributed by atoms with Crippen LogP contribution in [-0.2, 0) is 25.6 Å². The molecular formula is C22H25N3O4. The van der Waals surface area contributed by atoms with Crippen molar-refractivity contribution >= 4 is 28.9 Å². The molecule has 152 valence electrons. The number of aromatic nitrogens is 1. The van der Waals surface area contributed by atoms with E-state index in [-0.39, 0.29) is 24.2 Å². The lowest BCUT2D eigenvalue weighted by Gasteiger charge is -2.10.